The number of alkyl halides is 4. The predicted octanol–water partition coefficient (Wildman–Crippen LogP) is 1.75. The molecule has 0 aromatic carbocycles. The zero-order valence-corrected chi connectivity index (χ0v) is 8.90. The van der Waals surface area contributed by atoms with E-state index < -0.39 is 35.4 Å². The smallest absolute Gasteiger partial charge is 0.440 e. The van der Waals surface area contributed by atoms with Gasteiger partial charge in [-0.3, -0.25) is 0 Å². The van der Waals surface area contributed by atoms with E-state index in [0.29, 0.717) is 14.2 Å². The summed E-state index contributed by atoms with van der Waals surface area (Å²) in [5.41, 5.74) is -5.42. The van der Waals surface area contributed by atoms with Crippen LogP contribution in [0.4, 0.5) is 26.3 Å². The number of carbonyl (C=O) groups excluding carboxylic acids is 2. The van der Waals surface area contributed by atoms with Gasteiger partial charge in [-0.2, -0.15) is 17.6 Å². The normalized spacial score (nSPS) is 16.4. The van der Waals surface area contributed by atoms with Gasteiger partial charge in [0.25, 0.3) is 0 Å². The molecule has 18 heavy (non-hydrogen) atoms. The van der Waals surface area contributed by atoms with Crippen LogP contribution in [-0.2, 0) is 19.1 Å². The van der Waals surface area contributed by atoms with Gasteiger partial charge in [0.15, 0.2) is 0 Å². The predicted molar refractivity (Wildman–Crippen MR) is 43.2 cm³/mol. The highest BCUT2D eigenvalue weighted by molar-refractivity contribution is 5.91. The molecule has 0 spiro atoms. The van der Waals surface area contributed by atoms with Crippen molar-refractivity contribution in [1.29, 1.82) is 0 Å². The second-order valence-electron chi connectivity index (χ2n) is 2.77. The van der Waals surface area contributed by atoms with E-state index in [-0.39, 0.29) is 0 Å². The molecule has 0 N–H and O–H groups in total. The Morgan fingerprint density at radius 1 is 0.944 bits per heavy atom. The van der Waals surface area contributed by atoms with E-state index in [1.165, 1.54) is 0 Å². The Bertz CT molecular complexity index is 388. The van der Waals surface area contributed by atoms with Crippen molar-refractivity contribution in [2.75, 3.05) is 14.2 Å². The van der Waals surface area contributed by atoms with Crippen molar-refractivity contribution < 1.29 is 45.4 Å². The fourth-order valence-electron chi connectivity index (χ4n) is 0.801. The minimum absolute atomic E-state index is 0.325. The van der Waals surface area contributed by atoms with Gasteiger partial charge in [-0.25, -0.2) is 18.4 Å². The van der Waals surface area contributed by atoms with E-state index in [0.717, 1.165) is 0 Å². The van der Waals surface area contributed by atoms with Crippen LogP contribution in [0.3, 0.4) is 0 Å². The Labute approximate surface area is 96.1 Å². The molecule has 0 radical (unpaired) electrons. The third kappa shape index (κ3) is 2.57. The first-order chi connectivity index (χ1) is 8.03. The van der Waals surface area contributed by atoms with Crippen LogP contribution in [0.25, 0.3) is 0 Å². The van der Waals surface area contributed by atoms with Gasteiger partial charge in [0.1, 0.15) is 0 Å². The molecule has 0 saturated heterocycles. The van der Waals surface area contributed by atoms with Crippen LogP contribution in [0.1, 0.15) is 0 Å². The standard InChI is InChI=1S/C8H6F6O4/c1-17-5(15)3(9)4(10)7(11,6(16)18-2)8(12,13)14/h1-2H3/b4-3+. The lowest BCUT2D eigenvalue weighted by Gasteiger charge is -2.23. The van der Waals surface area contributed by atoms with Gasteiger partial charge in [0.2, 0.25) is 11.7 Å². The zero-order valence-electron chi connectivity index (χ0n) is 8.90. The first-order valence-electron chi connectivity index (χ1n) is 4.02. The second kappa shape index (κ2) is 5.27. The summed E-state index contributed by atoms with van der Waals surface area (Å²) in [4.78, 5) is 21.1. The van der Waals surface area contributed by atoms with Crippen molar-refractivity contribution >= 4 is 11.9 Å². The number of rotatable bonds is 3. The van der Waals surface area contributed by atoms with Crippen molar-refractivity contribution in [2.45, 2.75) is 11.8 Å². The van der Waals surface area contributed by atoms with Crippen molar-refractivity contribution in [2.24, 2.45) is 0 Å². The Hall–Kier alpha value is -1.74. The molecule has 0 aromatic rings. The van der Waals surface area contributed by atoms with E-state index in [9.17, 15) is 35.9 Å². The van der Waals surface area contributed by atoms with Gasteiger partial charge in [-0.15, -0.1) is 0 Å². The summed E-state index contributed by atoms with van der Waals surface area (Å²) >= 11 is 0. The molecule has 0 bridgehead atoms. The summed E-state index contributed by atoms with van der Waals surface area (Å²) in [6.07, 6.45) is -6.16. The van der Waals surface area contributed by atoms with E-state index in [1.54, 1.807) is 0 Å². The lowest BCUT2D eigenvalue weighted by atomic mass is 10.0. The number of ether oxygens (including phenoxy) is 2. The fourth-order valence-corrected chi connectivity index (χ4v) is 0.801. The maximum atomic E-state index is 13.4. The van der Waals surface area contributed by atoms with Crippen molar-refractivity contribution in [1.82, 2.24) is 0 Å². The van der Waals surface area contributed by atoms with E-state index in [4.69, 9.17) is 0 Å². The molecule has 0 aliphatic rings. The highest BCUT2D eigenvalue weighted by Gasteiger charge is 2.68. The molecule has 1 unspecified atom stereocenters. The van der Waals surface area contributed by atoms with Gasteiger partial charge in [-0.05, 0) is 0 Å². The van der Waals surface area contributed by atoms with Gasteiger partial charge in [-0.1, -0.05) is 0 Å². The summed E-state index contributed by atoms with van der Waals surface area (Å²) in [5, 5.41) is 0. The Morgan fingerprint density at radius 3 is 1.67 bits per heavy atom. The summed E-state index contributed by atoms with van der Waals surface area (Å²) in [7, 11) is 0.840. The average Bonchev–Trinajstić information content (AvgIpc) is 2.32. The van der Waals surface area contributed by atoms with Crippen molar-refractivity contribution in [3.05, 3.63) is 11.7 Å². The molecular weight excluding hydrogens is 274 g/mol. The molecule has 0 aliphatic heterocycles. The Kier molecular flexibility index (Phi) is 4.76. The minimum atomic E-state index is -6.16. The van der Waals surface area contributed by atoms with Crippen molar-refractivity contribution in [3.63, 3.8) is 0 Å². The minimum Gasteiger partial charge on any atom is -0.466 e. The van der Waals surface area contributed by atoms with E-state index in [2.05, 4.69) is 9.47 Å². The van der Waals surface area contributed by atoms with Crippen LogP contribution in [-0.4, -0.2) is 38.0 Å². The molecule has 10 heteroatoms. The number of halogens is 6. The van der Waals surface area contributed by atoms with Crippen molar-refractivity contribution in [3.8, 4) is 0 Å². The number of hydrogen-bond acceptors (Lipinski definition) is 4. The lowest BCUT2D eigenvalue weighted by Crippen LogP contribution is -2.50. The molecule has 1 atom stereocenters. The third-order valence-corrected chi connectivity index (χ3v) is 1.72. The maximum Gasteiger partial charge on any atom is 0.440 e. The second-order valence-corrected chi connectivity index (χ2v) is 2.77. The molecule has 0 aliphatic carbocycles. The average molecular weight is 280 g/mol. The number of hydrogen-bond donors (Lipinski definition) is 0. The number of methoxy groups -OCH3 is 2. The molecule has 0 aromatic heterocycles. The molecular formula is C8H6F6O4. The maximum absolute atomic E-state index is 13.4. The van der Waals surface area contributed by atoms with Crippen LogP contribution >= 0.6 is 0 Å². The topological polar surface area (TPSA) is 52.6 Å². The van der Waals surface area contributed by atoms with Crippen LogP contribution < -0.4 is 0 Å². The summed E-state index contributed by atoms with van der Waals surface area (Å²) in [5.74, 6) is -11.1. The molecule has 104 valence electrons. The highest BCUT2D eigenvalue weighted by Crippen LogP contribution is 2.42. The largest absolute Gasteiger partial charge is 0.466 e. The molecule has 4 nitrogen and oxygen atoms in total. The lowest BCUT2D eigenvalue weighted by molar-refractivity contribution is -0.231. The Morgan fingerprint density at radius 2 is 1.39 bits per heavy atom. The van der Waals surface area contributed by atoms with Gasteiger partial charge in [0, 0.05) is 0 Å². The zero-order chi connectivity index (χ0) is 14.7. The summed E-state index contributed by atoms with van der Waals surface area (Å²) in [6.45, 7) is 0. The van der Waals surface area contributed by atoms with Crippen LogP contribution in [0, 0.1) is 0 Å². The number of carbonyl (C=O) groups is 2. The first-order valence-corrected chi connectivity index (χ1v) is 4.02. The van der Waals surface area contributed by atoms with Crippen LogP contribution in [0.5, 0.6) is 0 Å². The molecule has 0 heterocycles. The van der Waals surface area contributed by atoms with E-state index >= 15 is 0 Å². The highest BCUT2D eigenvalue weighted by atomic mass is 19.4. The molecule has 0 amide bonds. The monoisotopic (exact) mass is 280 g/mol. The summed E-state index contributed by atoms with van der Waals surface area (Å²) in [6, 6.07) is 0. The molecule has 0 rings (SSSR count). The first kappa shape index (κ1) is 16.3. The van der Waals surface area contributed by atoms with Gasteiger partial charge >= 0.3 is 23.8 Å². The summed E-state index contributed by atoms with van der Waals surface area (Å²) < 4.78 is 82.9. The SMILES string of the molecule is COC(=O)/C(F)=C(\F)C(F)(C(=O)OC)C(F)(F)F. The van der Waals surface area contributed by atoms with Gasteiger partial charge < -0.3 is 9.47 Å². The number of esters is 2. The van der Waals surface area contributed by atoms with Crippen LogP contribution in [0.15, 0.2) is 11.7 Å². The van der Waals surface area contributed by atoms with E-state index in [1.807, 2.05) is 0 Å². The van der Waals surface area contributed by atoms with Gasteiger partial charge in [0.05, 0.1) is 14.2 Å². The Balaban J connectivity index is 5.93. The molecule has 0 fully saturated rings. The third-order valence-electron chi connectivity index (χ3n) is 1.72. The fraction of sp³-hybridized carbons (Fsp3) is 0.500. The molecule has 0 saturated carbocycles. The quantitative estimate of drug-likeness (QED) is 0.449. The van der Waals surface area contributed by atoms with Crippen LogP contribution in [0.2, 0.25) is 0 Å².